The Balaban J connectivity index is 2.02. The average Bonchev–Trinajstić information content (AvgIpc) is 2.27. The van der Waals surface area contributed by atoms with Gasteiger partial charge in [0.25, 0.3) is 0 Å². The monoisotopic (exact) mass is 242 g/mol. The van der Waals surface area contributed by atoms with E-state index >= 15 is 0 Å². The first-order chi connectivity index (χ1) is 7.68. The van der Waals surface area contributed by atoms with Crippen LogP contribution in [-0.4, -0.2) is 17.4 Å². The van der Waals surface area contributed by atoms with E-state index in [-0.39, 0.29) is 5.91 Å². The van der Waals surface area contributed by atoms with E-state index < -0.39 is 0 Å². The minimum Gasteiger partial charge on any atom is -0.393 e. The number of carbonyl (C=O) groups is 1. The van der Waals surface area contributed by atoms with Gasteiger partial charge in [0.2, 0.25) is 5.91 Å². The summed E-state index contributed by atoms with van der Waals surface area (Å²) in [6.07, 6.45) is 8.96. The normalized spacial score (nSPS) is 17.0. The molecule has 16 heavy (non-hydrogen) atoms. The van der Waals surface area contributed by atoms with E-state index in [2.05, 4.69) is 5.32 Å². The maximum atomic E-state index is 11.5. The number of hydrogen-bond donors (Lipinski definition) is 2. The van der Waals surface area contributed by atoms with Gasteiger partial charge in [0.05, 0.1) is 4.99 Å². The standard InChI is InChI=1S/C12H22N2OS/c13-11(16)8-9-14-12(15)7-6-10-4-2-1-3-5-10/h10H,1-9H2,(H2,13,16)(H,14,15). The highest BCUT2D eigenvalue weighted by Gasteiger charge is 2.14. The van der Waals surface area contributed by atoms with Crippen molar-refractivity contribution in [2.75, 3.05) is 6.54 Å². The van der Waals surface area contributed by atoms with Gasteiger partial charge in [-0.05, 0) is 12.3 Å². The van der Waals surface area contributed by atoms with Gasteiger partial charge >= 0.3 is 0 Å². The molecule has 3 N–H and O–H groups in total. The van der Waals surface area contributed by atoms with Crippen molar-refractivity contribution in [1.29, 1.82) is 0 Å². The molecule has 1 aliphatic rings. The first-order valence-electron chi connectivity index (χ1n) is 6.23. The summed E-state index contributed by atoms with van der Waals surface area (Å²) in [5, 5.41) is 2.85. The van der Waals surface area contributed by atoms with Gasteiger partial charge in [-0.3, -0.25) is 4.79 Å². The summed E-state index contributed by atoms with van der Waals surface area (Å²) in [6.45, 7) is 0.582. The zero-order valence-electron chi connectivity index (χ0n) is 9.84. The van der Waals surface area contributed by atoms with Crippen LogP contribution in [0.2, 0.25) is 0 Å². The van der Waals surface area contributed by atoms with Crippen LogP contribution in [0, 0.1) is 5.92 Å². The molecule has 0 unspecified atom stereocenters. The van der Waals surface area contributed by atoms with E-state index in [0.29, 0.717) is 24.4 Å². The number of nitrogens with one attached hydrogen (secondary N) is 1. The van der Waals surface area contributed by atoms with Crippen molar-refractivity contribution in [1.82, 2.24) is 5.32 Å². The van der Waals surface area contributed by atoms with E-state index in [0.717, 1.165) is 12.3 Å². The molecule has 0 aromatic rings. The largest absolute Gasteiger partial charge is 0.393 e. The Morgan fingerprint density at radius 1 is 1.25 bits per heavy atom. The third kappa shape index (κ3) is 6.05. The van der Waals surface area contributed by atoms with Crippen LogP contribution in [0.3, 0.4) is 0 Å². The molecule has 1 amide bonds. The van der Waals surface area contributed by atoms with Gasteiger partial charge < -0.3 is 11.1 Å². The van der Waals surface area contributed by atoms with Crippen LogP contribution in [0.1, 0.15) is 51.4 Å². The van der Waals surface area contributed by atoms with Crippen molar-refractivity contribution in [2.24, 2.45) is 11.7 Å². The number of hydrogen-bond acceptors (Lipinski definition) is 2. The van der Waals surface area contributed by atoms with E-state index in [1.807, 2.05) is 0 Å². The summed E-state index contributed by atoms with van der Waals surface area (Å²) >= 11 is 4.74. The van der Waals surface area contributed by atoms with Crippen molar-refractivity contribution >= 4 is 23.1 Å². The molecule has 1 rings (SSSR count). The summed E-state index contributed by atoms with van der Waals surface area (Å²) in [7, 11) is 0. The minimum atomic E-state index is 0.141. The first kappa shape index (κ1) is 13.4. The Morgan fingerprint density at radius 2 is 1.94 bits per heavy atom. The molecule has 0 heterocycles. The molecule has 1 fully saturated rings. The molecule has 92 valence electrons. The number of thiocarbonyl (C=S) groups is 1. The lowest BCUT2D eigenvalue weighted by Gasteiger charge is -2.20. The summed E-state index contributed by atoms with van der Waals surface area (Å²) < 4.78 is 0. The molecule has 1 aliphatic carbocycles. The predicted octanol–water partition coefficient (Wildman–Crippen LogP) is 2.14. The average molecular weight is 242 g/mol. The number of nitrogens with two attached hydrogens (primary N) is 1. The Kier molecular flexibility index (Phi) is 6.38. The Bertz CT molecular complexity index is 237. The molecule has 0 aromatic heterocycles. The van der Waals surface area contributed by atoms with Gasteiger partial charge in [0.1, 0.15) is 0 Å². The molecule has 0 bridgehead atoms. The van der Waals surface area contributed by atoms with Gasteiger partial charge in [-0.15, -0.1) is 0 Å². The zero-order valence-corrected chi connectivity index (χ0v) is 10.7. The lowest BCUT2D eigenvalue weighted by molar-refractivity contribution is -0.121. The summed E-state index contributed by atoms with van der Waals surface area (Å²) in [5.41, 5.74) is 5.35. The fourth-order valence-corrected chi connectivity index (χ4v) is 2.33. The van der Waals surface area contributed by atoms with Gasteiger partial charge in [0.15, 0.2) is 0 Å². The van der Waals surface area contributed by atoms with E-state index in [4.69, 9.17) is 18.0 Å². The van der Waals surface area contributed by atoms with Crippen molar-refractivity contribution in [3.8, 4) is 0 Å². The molecule has 0 aromatic carbocycles. The Morgan fingerprint density at radius 3 is 2.56 bits per heavy atom. The molecule has 3 nitrogen and oxygen atoms in total. The maximum absolute atomic E-state index is 11.5. The number of amides is 1. The maximum Gasteiger partial charge on any atom is 0.220 e. The van der Waals surface area contributed by atoms with Crippen molar-refractivity contribution < 1.29 is 4.79 Å². The summed E-state index contributed by atoms with van der Waals surface area (Å²) in [6, 6.07) is 0. The quantitative estimate of drug-likeness (QED) is 0.702. The minimum absolute atomic E-state index is 0.141. The summed E-state index contributed by atoms with van der Waals surface area (Å²) in [5.74, 6) is 0.914. The molecular formula is C12H22N2OS. The van der Waals surface area contributed by atoms with Gasteiger partial charge in [-0.1, -0.05) is 44.3 Å². The second-order valence-corrected chi connectivity index (χ2v) is 5.13. The highest BCUT2D eigenvalue weighted by molar-refractivity contribution is 7.80. The number of carbonyl (C=O) groups excluding carboxylic acids is 1. The third-order valence-corrected chi connectivity index (χ3v) is 3.40. The van der Waals surface area contributed by atoms with Crippen LogP contribution in [0.4, 0.5) is 0 Å². The van der Waals surface area contributed by atoms with Crippen LogP contribution in [0.15, 0.2) is 0 Å². The zero-order chi connectivity index (χ0) is 11.8. The molecule has 4 heteroatoms. The van der Waals surface area contributed by atoms with E-state index in [1.54, 1.807) is 0 Å². The Labute approximate surface area is 103 Å². The van der Waals surface area contributed by atoms with E-state index in [1.165, 1.54) is 32.1 Å². The Hall–Kier alpha value is -0.640. The molecular weight excluding hydrogens is 220 g/mol. The molecule has 0 atom stereocenters. The van der Waals surface area contributed by atoms with Gasteiger partial charge in [0, 0.05) is 19.4 Å². The van der Waals surface area contributed by atoms with Gasteiger partial charge in [-0.25, -0.2) is 0 Å². The van der Waals surface area contributed by atoms with Crippen LogP contribution in [-0.2, 0) is 4.79 Å². The van der Waals surface area contributed by atoms with Crippen molar-refractivity contribution in [3.05, 3.63) is 0 Å². The lowest BCUT2D eigenvalue weighted by atomic mass is 9.86. The topological polar surface area (TPSA) is 55.1 Å². The van der Waals surface area contributed by atoms with Gasteiger partial charge in [-0.2, -0.15) is 0 Å². The first-order valence-corrected chi connectivity index (χ1v) is 6.64. The van der Waals surface area contributed by atoms with Crippen LogP contribution >= 0.6 is 12.2 Å². The molecule has 0 aliphatic heterocycles. The highest BCUT2D eigenvalue weighted by Crippen LogP contribution is 2.27. The van der Waals surface area contributed by atoms with Crippen LogP contribution in [0.5, 0.6) is 0 Å². The van der Waals surface area contributed by atoms with Crippen molar-refractivity contribution in [2.45, 2.75) is 51.4 Å². The second kappa shape index (κ2) is 7.60. The molecule has 0 radical (unpaired) electrons. The smallest absolute Gasteiger partial charge is 0.220 e. The van der Waals surface area contributed by atoms with Crippen LogP contribution in [0.25, 0.3) is 0 Å². The highest BCUT2D eigenvalue weighted by atomic mass is 32.1. The predicted molar refractivity (Wildman–Crippen MR) is 70.2 cm³/mol. The fraction of sp³-hybridized carbons (Fsp3) is 0.833. The van der Waals surface area contributed by atoms with E-state index in [9.17, 15) is 4.79 Å². The SMILES string of the molecule is NC(=S)CCNC(=O)CCC1CCCCC1. The van der Waals surface area contributed by atoms with Crippen molar-refractivity contribution in [3.63, 3.8) is 0 Å². The third-order valence-electron chi connectivity index (χ3n) is 3.20. The second-order valence-electron chi connectivity index (χ2n) is 4.61. The molecule has 0 spiro atoms. The molecule has 1 saturated carbocycles. The summed E-state index contributed by atoms with van der Waals surface area (Å²) in [4.78, 5) is 11.9. The lowest BCUT2D eigenvalue weighted by Crippen LogP contribution is -2.27. The number of rotatable bonds is 6. The van der Waals surface area contributed by atoms with Crippen LogP contribution < -0.4 is 11.1 Å². The molecule has 0 saturated heterocycles. The fourth-order valence-electron chi connectivity index (χ4n) is 2.22.